The number of nitrogens with one attached hydrogen (secondary N) is 2. The number of nitrogens with zero attached hydrogens (tertiary/aromatic N) is 3. The Balaban J connectivity index is 0.00000338. The highest BCUT2D eigenvalue weighted by Crippen LogP contribution is 2.16. The van der Waals surface area contributed by atoms with Crippen molar-refractivity contribution in [3.05, 3.63) is 21.9 Å². The number of hydrogen-bond acceptors (Lipinski definition) is 4. The van der Waals surface area contributed by atoms with Gasteiger partial charge in [0.05, 0.1) is 0 Å². The molecule has 0 bridgehead atoms. The molecule has 1 aromatic heterocycles. The van der Waals surface area contributed by atoms with Gasteiger partial charge in [0.15, 0.2) is 5.96 Å². The monoisotopic (exact) mass is 493 g/mol. The second-order valence-electron chi connectivity index (χ2n) is 6.61. The molecule has 2 heterocycles. The molecule has 8 heteroatoms. The lowest BCUT2D eigenvalue weighted by Gasteiger charge is -2.34. The maximum absolute atomic E-state index is 11.4. The molecule has 26 heavy (non-hydrogen) atoms. The summed E-state index contributed by atoms with van der Waals surface area (Å²) in [5, 5.41) is 6.85. The van der Waals surface area contributed by atoms with Crippen LogP contribution in [0, 0.1) is 6.92 Å². The first-order chi connectivity index (χ1) is 12.0. The average molecular weight is 493 g/mol. The number of amides is 1. The molecular formula is C18H32IN5OS. The Labute approximate surface area is 178 Å². The van der Waals surface area contributed by atoms with Gasteiger partial charge in [-0.25, -0.2) is 0 Å². The maximum Gasteiger partial charge on any atom is 0.219 e. The Morgan fingerprint density at radius 3 is 2.54 bits per heavy atom. The molecule has 1 unspecified atom stereocenters. The summed E-state index contributed by atoms with van der Waals surface area (Å²) < 4.78 is 0. The highest BCUT2D eigenvalue weighted by atomic mass is 127. The van der Waals surface area contributed by atoms with E-state index in [1.54, 1.807) is 6.92 Å². The molecule has 1 aromatic rings. The predicted octanol–water partition coefficient (Wildman–Crippen LogP) is 1.93. The van der Waals surface area contributed by atoms with Crippen LogP contribution in [0.15, 0.2) is 17.1 Å². The smallest absolute Gasteiger partial charge is 0.219 e. The van der Waals surface area contributed by atoms with E-state index in [0.717, 1.165) is 51.6 Å². The minimum absolute atomic E-state index is 0. The summed E-state index contributed by atoms with van der Waals surface area (Å²) >= 11 is 1.85. The molecule has 2 rings (SSSR count). The second kappa shape index (κ2) is 11.8. The van der Waals surface area contributed by atoms with Gasteiger partial charge in [-0.1, -0.05) is 0 Å². The predicted molar refractivity (Wildman–Crippen MR) is 121 cm³/mol. The Morgan fingerprint density at radius 2 is 2.00 bits per heavy atom. The van der Waals surface area contributed by atoms with E-state index in [-0.39, 0.29) is 29.9 Å². The third-order valence-electron chi connectivity index (χ3n) is 4.45. The van der Waals surface area contributed by atoms with Gasteiger partial charge in [-0.2, -0.15) is 0 Å². The van der Waals surface area contributed by atoms with Crippen LogP contribution in [0.2, 0.25) is 0 Å². The van der Waals surface area contributed by atoms with Crippen LogP contribution in [-0.2, 0) is 11.2 Å². The SMILES string of the molecule is CN=C(NCCN1CCN(C(C)=O)CC1)NC(C)Cc1ccc(C)s1.I. The topological polar surface area (TPSA) is 60.0 Å². The third kappa shape index (κ3) is 7.79. The molecule has 148 valence electrons. The summed E-state index contributed by atoms with van der Waals surface area (Å²) in [5.74, 6) is 1.03. The van der Waals surface area contributed by atoms with Crippen molar-refractivity contribution in [2.75, 3.05) is 46.3 Å². The standard InChI is InChI=1S/C18H31N5OS.HI/c1-14(13-17-6-5-15(2)25-17)21-18(19-4)20-7-8-22-9-11-23(12-10-22)16(3)24;/h5-6,14H,7-13H2,1-4H3,(H2,19,20,21);1H. The Morgan fingerprint density at radius 1 is 1.31 bits per heavy atom. The second-order valence-corrected chi connectivity index (χ2v) is 7.98. The molecule has 2 N–H and O–H groups in total. The quantitative estimate of drug-likeness (QED) is 0.362. The van der Waals surface area contributed by atoms with E-state index in [9.17, 15) is 4.79 Å². The van der Waals surface area contributed by atoms with Gasteiger partial charge in [0.25, 0.3) is 0 Å². The zero-order valence-electron chi connectivity index (χ0n) is 16.2. The summed E-state index contributed by atoms with van der Waals surface area (Å²) in [6.45, 7) is 11.3. The van der Waals surface area contributed by atoms with Crippen LogP contribution in [-0.4, -0.2) is 74.0 Å². The number of thiophene rings is 1. The molecule has 1 aliphatic rings. The first kappa shape index (κ1) is 23.2. The number of carbonyl (C=O) groups excluding carboxylic acids is 1. The summed E-state index contributed by atoms with van der Waals surface area (Å²) in [6.07, 6.45) is 1.01. The Kier molecular flexibility index (Phi) is 10.5. The number of rotatable bonds is 6. The van der Waals surface area contributed by atoms with Crippen LogP contribution in [0.25, 0.3) is 0 Å². The molecule has 0 spiro atoms. The first-order valence-corrected chi connectivity index (χ1v) is 9.80. The zero-order valence-corrected chi connectivity index (χ0v) is 19.4. The number of carbonyl (C=O) groups is 1. The van der Waals surface area contributed by atoms with E-state index in [2.05, 4.69) is 46.5 Å². The van der Waals surface area contributed by atoms with Crippen molar-refractivity contribution in [2.24, 2.45) is 4.99 Å². The van der Waals surface area contributed by atoms with Gasteiger partial charge < -0.3 is 15.5 Å². The van der Waals surface area contributed by atoms with Crippen molar-refractivity contribution < 1.29 is 4.79 Å². The van der Waals surface area contributed by atoms with Crippen LogP contribution in [0.3, 0.4) is 0 Å². The maximum atomic E-state index is 11.4. The molecule has 1 amide bonds. The number of halogens is 1. The van der Waals surface area contributed by atoms with Crippen molar-refractivity contribution in [1.82, 2.24) is 20.4 Å². The van der Waals surface area contributed by atoms with Crippen molar-refractivity contribution in [1.29, 1.82) is 0 Å². The number of aliphatic imine (C=N–C) groups is 1. The van der Waals surface area contributed by atoms with Crippen LogP contribution < -0.4 is 10.6 Å². The van der Waals surface area contributed by atoms with Gasteiger partial charge in [0.1, 0.15) is 0 Å². The fraction of sp³-hybridized carbons (Fsp3) is 0.667. The zero-order chi connectivity index (χ0) is 18.2. The molecule has 1 fully saturated rings. The van der Waals surface area contributed by atoms with E-state index in [1.807, 2.05) is 23.3 Å². The van der Waals surface area contributed by atoms with Gasteiger partial charge in [-0.3, -0.25) is 14.7 Å². The minimum atomic E-state index is 0. The third-order valence-corrected chi connectivity index (χ3v) is 5.47. The molecule has 0 aliphatic carbocycles. The van der Waals surface area contributed by atoms with Crippen LogP contribution in [0.4, 0.5) is 0 Å². The summed E-state index contributed by atoms with van der Waals surface area (Å²) in [6, 6.07) is 4.71. The minimum Gasteiger partial charge on any atom is -0.355 e. The molecule has 1 saturated heterocycles. The normalized spacial score (nSPS) is 16.8. The van der Waals surface area contributed by atoms with E-state index >= 15 is 0 Å². The molecular weight excluding hydrogens is 461 g/mol. The molecule has 0 saturated carbocycles. The highest BCUT2D eigenvalue weighted by Gasteiger charge is 2.18. The highest BCUT2D eigenvalue weighted by molar-refractivity contribution is 14.0. The Hall–Kier alpha value is -0.870. The number of guanidine groups is 1. The molecule has 1 aliphatic heterocycles. The van der Waals surface area contributed by atoms with Gasteiger partial charge >= 0.3 is 0 Å². The van der Waals surface area contributed by atoms with Crippen LogP contribution >= 0.6 is 35.3 Å². The molecule has 0 radical (unpaired) electrons. The van der Waals surface area contributed by atoms with Crippen molar-refractivity contribution in [2.45, 2.75) is 33.2 Å². The van der Waals surface area contributed by atoms with Crippen molar-refractivity contribution >= 4 is 47.2 Å². The summed E-state index contributed by atoms with van der Waals surface area (Å²) in [4.78, 5) is 22.7. The lowest BCUT2D eigenvalue weighted by atomic mass is 10.2. The Bertz CT molecular complexity index is 584. The van der Waals surface area contributed by atoms with E-state index in [0.29, 0.717) is 6.04 Å². The lowest BCUT2D eigenvalue weighted by molar-refractivity contribution is -0.130. The average Bonchev–Trinajstić information content (AvgIpc) is 2.99. The molecule has 1 atom stereocenters. The van der Waals surface area contributed by atoms with Gasteiger partial charge in [0.2, 0.25) is 5.91 Å². The van der Waals surface area contributed by atoms with Gasteiger partial charge in [0, 0.05) is 75.5 Å². The van der Waals surface area contributed by atoms with Crippen LogP contribution in [0.5, 0.6) is 0 Å². The van der Waals surface area contributed by atoms with Crippen molar-refractivity contribution in [3.8, 4) is 0 Å². The van der Waals surface area contributed by atoms with Gasteiger partial charge in [-0.05, 0) is 26.0 Å². The van der Waals surface area contributed by atoms with E-state index in [4.69, 9.17) is 0 Å². The van der Waals surface area contributed by atoms with Crippen molar-refractivity contribution in [3.63, 3.8) is 0 Å². The van der Waals surface area contributed by atoms with Gasteiger partial charge in [-0.15, -0.1) is 35.3 Å². The molecule has 0 aromatic carbocycles. The fourth-order valence-corrected chi connectivity index (χ4v) is 4.01. The first-order valence-electron chi connectivity index (χ1n) is 8.98. The van der Waals surface area contributed by atoms with E-state index in [1.165, 1.54) is 9.75 Å². The summed E-state index contributed by atoms with van der Waals surface area (Å²) in [7, 11) is 1.81. The molecule has 6 nitrogen and oxygen atoms in total. The number of hydrogen-bond donors (Lipinski definition) is 2. The number of aryl methyl sites for hydroxylation is 1. The van der Waals surface area contributed by atoms with E-state index < -0.39 is 0 Å². The fourth-order valence-electron chi connectivity index (χ4n) is 2.99. The lowest BCUT2D eigenvalue weighted by Crippen LogP contribution is -2.51. The van der Waals surface area contributed by atoms with Crippen LogP contribution in [0.1, 0.15) is 23.6 Å². The number of piperazine rings is 1. The summed E-state index contributed by atoms with van der Waals surface area (Å²) in [5.41, 5.74) is 0. The largest absolute Gasteiger partial charge is 0.355 e.